The van der Waals surface area contributed by atoms with E-state index >= 15 is 0 Å². The summed E-state index contributed by atoms with van der Waals surface area (Å²) in [5.74, 6) is 0.864. The number of nitrogens with one attached hydrogen (secondary N) is 1. The monoisotopic (exact) mass is 197 g/mol. The molecule has 0 spiro atoms. The molecule has 0 aromatic rings. The summed E-state index contributed by atoms with van der Waals surface area (Å²) in [5.41, 5.74) is 0.589. The second-order valence-corrected chi connectivity index (χ2v) is 5.64. The number of rotatable bonds is 1. The van der Waals surface area contributed by atoms with Gasteiger partial charge < -0.3 is 10.1 Å². The number of hydrogen-bond donors (Lipinski definition) is 1. The lowest BCUT2D eigenvalue weighted by Gasteiger charge is -2.39. The molecule has 0 aromatic heterocycles. The minimum Gasteiger partial charge on any atom is -0.379 e. The van der Waals surface area contributed by atoms with E-state index in [0.717, 1.165) is 25.7 Å². The maximum atomic E-state index is 5.52. The Kier molecular flexibility index (Phi) is 3.13. The van der Waals surface area contributed by atoms with E-state index in [4.69, 9.17) is 4.74 Å². The molecule has 1 saturated heterocycles. The van der Waals surface area contributed by atoms with E-state index in [0.29, 0.717) is 11.5 Å². The van der Waals surface area contributed by atoms with Crippen LogP contribution in [0.15, 0.2) is 0 Å². The highest BCUT2D eigenvalue weighted by molar-refractivity contribution is 4.86. The highest BCUT2D eigenvalue weighted by atomic mass is 16.5. The summed E-state index contributed by atoms with van der Waals surface area (Å²) in [6.45, 7) is 7.67. The lowest BCUT2D eigenvalue weighted by molar-refractivity contribution is 0.0386. The lowest BCUT2D eigenvalue weighted by Crippen LogP contribution is -2.47. The third-order valence-electron chi connectivity index (χ3n) is 3.90. The molecule has 0 amide bonds. The molecule has 1 heterocycles. The van der Waals surface area contributed by atoms with Crippen LogP contribution in [-0.2, 0) is 4.74 Å². The van der Waals surface area contributed by atoms with Crippen molar-refractivity contribution in [1.29, 1.82) is 0 Å². The molecular formula is C12H23NO. The first-order valence-corrected chi connectivity index (χ1v) is 5.98. The molecule has 82 valence electrons. The third-order valence-corrected chi connectivity index (χ3v) is 3.90. The Morgan fingerprint density at radius 2 is 1.93 bits per heavy atom. The predicted octanol–water partition coefficient (Wildman–Crippen LogP) is 2.19. The van der Waals surface area contributed by atoms with Gasteiger partial charge in [-0.25, -0.2) is 0 Å². The fraction of sp³-hybridized carbons (Fsp3) is 1.00. The van der Waals surface area contributed by atoms with Gasteiger partial charge in [0.2, 0.25) is 0 Å². The van der Waals surface area contributed by atoms with E-state index in [9.17, 15) is 0 Å². The van der Waals surface area contributed by atoms with Crippen LogP contribution >= 0.6 is 0 Å². The first kappa shape index (κ1) is 10.4. The van der Waals surface area contributed by atoms with Gasteiger partial charge in [0, 0.05) is 12.6 Å². The van der Waals surface area contributed by atoms with Gasteiger partial charge in [-0.2, -0.15) is 0 Å². The van der Waals surface area contributed by atoms with Crippen LogP contribution < -0.4 is 5.32 Å². The SMILES string of the molecule is CC1(C)CCC(C2COCCN2)CC1. The molecule has 1 unspecified atom stereocenters. The number of morpholine rings is 1. The van der Waals surface area contributed by atoms with E-state index in [1.807, 2.05) is 0 Å². The summed E-state index contributed by atoms with van der Waals surface area (Å²) in [4.78, 5) is 0. The molecular weight excluding hydrogens is 174 g/mol. The molecule has 2 rings (SSSR count). The molecule has 1 aliphatic heterocycles. The van der Waals surface area contributed by atoms with Crippen molar-refractivity contribution >= 4 is 0 Å². The van der Waals surface area contributed by atoms with Crippen LogP contribution in [0.1, 0.15) is 39.5 Å². The van der Waals surface area contributed by atoms with E-state index in [1.165, 1.54) is 25.7 Å². The Balaban J connectivity index is 1.82. The third kappa shape index (κ3) is 2.48. The molecule has 2 nitrogen and oxygen atoms in total. The Bertz CT molecular complexity index is 175. The first-order valence-electron chi connectivity index (χ1n) is 5.98. The molecule has 1 atom stereocenters. The van der Waals surface area contributed by atoms with Crippen molar-refractivity contribution in [1.82, 2.24) is 5.32 Å². The normalized spacial score (nSPS) is 34.3. The van der Waals surface area contributed by atoms with Crippen molar-refractivity contribution < 1.29 is 4.74 Å². The molecule has 0 bridgehead atoms. The first-order chi connectivity index (χ1) is 6.67. The van der Waals surface area contributed by atoms with Crippen LogP contribution in [0.2, 0.25) is 0 Å². The topological polar surface area (TPSA) is 21.3 Å². The van der Waals surface area contributed by atoms with E-state index < -0.39 is 0 Å². The zero-order valence-electron chi connectivity index (χ0n) is 9.51. The van der Waals surface area contributed by atoms with Gasteiger partial charge in [-0.3, -0.25) is 0 Å². The summed E-state index contributed by atoms with van der Waals surface area (Å²) in [5, 5.41) is 3.59. The van der Waals surface area contributed by atoms with E-state index in [-0.39, 0.29) is 0 Å². The number of hydrogen-bond acceptors (Lipinski definition) is 2. The Labute approximate surface area is 87.4 Å². The fourth-order valence-corrected chi connectivity index (χ4v) is 2.71. The van der Waals surface area contributed by atoms with E-state index in [1.54, 1.807) is 0 Å². The van der Waals surface area contributed by atoms with Crippen molar-refractivity contribution in [3.63, 3.8) is 0 Å². The zero-order chi connectivity index (χ0) is 10.0. The van der Waals surface area contributed by atoms with Crippen molar-refractivity contribution in [2.45, 2.75) is 45.6 Å². The molecule has 0 aromatic carbocycles. The van der Waals surface area contributed by atoms with Crippen molar-refractivity contribution in [2.24, 2.45) is 11.3 Å². The maximum absolute atomic E-state index is 5.52. The minimum absolute atomic E-state index is 0.589. The summed E-state index contributed by atoms with van der Waals surface area (Å²) in [7, 11) is 0. The van der Waals surface area contributed by atoms with Crippen molar-refractivity contribution in [3.8, 4) is 0 Å². The van der Waals surface area contributed by atoms with Crippen LogP contribution in [0.4, 0.5) is 0 Å². The molecule has 1 N–H and O–H groups in total. The van der Waals surface area contributed by atoms with Gasteiger partial charge in [0.15, 0.2) is 0 Å². The highest BCUT2D eigenvalue weighted by Crippen LogP contribution is 2.39. The van der Waals surface area contributed by atoms with Crippen LogP contribution in [0.25, 0.3) is 0 Å². The number of ether oxygens (including phenoxy) is 1. The van der Waals surface area contributed by atoms with Crippen LogP contribution in [-0.4, -0.2) is 25.8 Å². The molecule has 1 saturated carbocycles. The van der Waals surface area contributed by atoms with Gasteiger partial charge in [-0.05, 0) is 37.0 Å². The predicted molar refractivity (Wildman–Crippen MR) is 58.3 cm³/mol. The molecule has 2 heteroatoms. The second-order valence-electron chi connectivity index (χ2n) is 5.64. The second kappa shape index (κ2) is 4.19. The summed E-state index contributed by atoms with van der Waals surface area (Å²) in [6, 6.07) is 0.639. The van der Waals surface area contributed by atoms with Crippen molar-refractivity contribution in [3.05, 3.63) is 0 Å². The Morgan fingerprint density at radius 3 is 2.50 bits per heavy atom. The van der Waals surface area contributed by atoms with Gasteiger partial charge in [-0.15, -0.1) is 0 Å². The molecule has 2 fully saturated rings. The quantitative estimate of drug-likeness (QED) is 0.696. The maximum Gasteiger partial charge on any atom is 0.0622 e. The van der Waals surface area contributed by atoms with Crippen LogP contribution in [0.3, 0.4) is 0 Å². The molecule has 0 radical (unpaired) electrons. The standard InChI is InChI=1S/C12H23NO/c1-12(2)5-3-10(4-6-12)11-9-14-8-7-13-11/h10-11,13H,3-9H2,1-2H3. The Hall–Kier alpha value is -0.0800. The van der Waals surface area contributed by atoms with Crippen LogP contribution in [0.5, 0.6) is 0 Å². The van der Waals surface area contributed by atoms with Gasteiger partial charge >= 0.3 is 0 Å². The average molecular weight is 197 g/mol. The van der Waals surface area contributed by atoms with Gasteiger partial charge in [0.05, 0.1) is 13.2 Å². The molecule has 1 aliphatic carbocycles. The minimum atomic E-state index is 0.589. The average Bonchev–Trinajstić information content (AvgIpc) is 2.19. The lowest BCUT2D eigenvalue weighted by atomic mass is 9.71. The van der Waals surface area contributed by atoms with Gasteiger partial charge in [0.1, 0.15) is 0 Å². The van der Waals surface area contributed by atoms with Gasteiger partial charge in [0.25, 0.3) is 0 Å². The molecule has 2 aliphatic rings. The highest BCUT2D eigenvalue weighted by Gasteiger charge is 2.31. The largest absolute Gasteiger partial charge is 0.379 e. The summed E-state index contributed by atoms with van der Waals surface area (Å²) in [6.07, 6.45) is 5.54. The van der Waals surface area contributed by atoms with Crippen molar-refractivity contribution in [2.75, 3.05) is 19.8 Å². The summed E-state index contributed by atoms with van der Waals surface area (Å²) >= 11 is 0. The van der Waals surface area contributed by atoms with Crippen LogP contribution in [0, 0.1) is 11.3 Å². The summed E-state index contributed by atoms with van der Waals surface area (Å²) < 4.78 is 5.52. The zero-order valence-corrected chi connectivity index (χ0v) is 9.51. The fourth-order valence-electron chi connectivity index (χ4n) is 2.71. The van der Waals surface area contributed by atoms with Gasteiger partial charge in [-0.1, -0.05) is 13.8 Å². The van der Waals surface area contributed by atoms with E-state index in [2.05, 4.69) is 19.2 Å². The smallest absolute Gasteiger partial charge is 0.0622 e. The Morgan fingerprint density at radius 1 is 1.21 bits per heavy atom. The molecule has 14 heavy (non-hydrogen) atoms.